The molecule has 1 aromatic rings. The highest BCUT2D eigenvalue weighted by Gasteiger charge is 2.10. The van der Waals surface area contributed by atoms with Gasteiger partial charge in [-0.3, -0.25) is 4.79 Å². The zero-order valence-corrected chi connectivity index (χ0v) is 12.5. The molecule has 0 radical (unpaired) electrons. The molecule has 1 amide bonds. The summed E-state index contributed by atoms with van der Waals surface area (Å²) in [6, 6.07) is 3.74. The predicted molar refractivity (Wildman–Crippen MR) is 75.9 cm³/mol. The van der Waals surface area contributed by atoms with Gasteiger partial charge >= 0.3 is 5.97 Å². The largest absolute Gasteiger partial charge is 0.460 e. The maximum atomic E-state index is 11.6. The topological polar surface area (TPSA) is 55.4 Å². The second-order valence-corrected chi connectivity index (χ2v) is 5.57. The fourth-order valence-electron chi connectivity index (χ4n) is 1.16. The fourth-order valence-corrected chi connectivity index (χ4v) is 3.01. The number of aryl methyl sites for hydroxylation is 1. The lowest BCUT2D eigenvalue weighted by Gasteiger charge is -2.03. The third kappa shape index (κ3) is 5.49. The summed E-state index contributed by atoms with van der Waals surface area (Å²) in [5.74, 6) is -0.443. The van der Waals surface area contributed by atoms with Crippen LogP contribution in [-0.2, 0) is 16.0 Å². The van der Waals surface area contributed by atoms with E-state index in [0.717, 1.165) is 10.8 Å². The molecule has 0 spiro atoms. The van der Waals surface area contributed by atoms with Gasteiger partial charge in [-0.1, -0.05) is 22.6 Å². The summed E-state index contributed by atoms with van der Waals surface area (Å²) in [6.45, 7) is 1.99. The molecular formula is C11H14INO3S. The Morgan fingerprint density at radius 3 is 2.88 bits per heavy atom. The van der Waals surface area contributed by atoms with Crippen molar-refractivity contribution in [3.63, 3.8) is 0 Å². The van der Waals surface area contributed by atoms with Crippen LogP contribution >= 0.6 is 33.9 Å². The quantitative estimate of drug-likeness (QED) is 0.362. The number of nitrogens with one attached hydrogen (secondary N) is 1. The van der Waals surface area contributed by atoms with Crippen LogP contribution in [0.15, 0.2) is 12.1 Å². The zero-order chi connectivity index (χ0) is 12.7. The lowest BCUT2D eigenvalue weighted by atomic mass is 10.4. The van der Waals surface area contributed by atoms with E-state index in [1.807, 2.05) is 6.07 Å². The Labute approximate surface area is 118 Å². The van der Waals surface area contributed by atoms with Gasteiger partial charge in [0.15, 0.2) is 0 Å². The number of carbonyl (C=O) groups is 2. The molecule has 1 aromatic heterocycles. The van der Waals surface area contributed by atoms with Crippen LogP contribution in [0.3, 0.4) is 0 Å². The Hall–Kier alpha value is -0.630. The molecule has 0 aliphatic carbocycles. The molecule has 6 heteroatoms. The summed E-state index contributed by atoms with van der Waals surface area (Å²) >= 11 is 3.76. The van der Waals surface area contributed by atoms with Crippen LogP contribution in [0.4, 0.5) is 0 Å². The molecule has 1 heterocycles. The van der Waals surface area contributed by atoms with E-state index in [2.05, 4.69) is 27.9 Å². The first-order chi connectivity index (χ1) is 8.13. The molecule has 0 saturated carbocycles. The summed E-state index contributed by atoms with van der Waals surface area (Å²) in [4.78, 5) is 24.0. The molecule has 0 unspecified atom stereocenters. The monoisotopic (exact) mass is 367 g/mol. The van der Waals surface area contributed by atoms with Crippen molar-refractivity contribution in [3.05, 3.63) is 21.9 Å². The SMILES string of the molecule is CC(=O)NCCOC(=O)c1ccc(CCI)s1. The number of alkyl halides is 1. The summed E-state index contributed by atoms with van der Waals surface area (Å²) < 4.78 is 6.06. The Morgan fingerprint density at radius 1 is 1.47 bits per heavy atom. The van der Waals surface area contributed by atoms with Gasteiger partial charge in [-0.15, -0.1) is 11.3 Å². The molecule has 0 aliphatic rings. The Morgan fingerprint density at radius 2 is 2.24 bits per heavy atom. The molecule has 1 rings (SSSR count). The second kappa shape index (κ2) is 7.65. The standard InChI is InChI=1S/C11H14INO3S/c1-8(14)13-6-7-16-11(15)10-3-2-9(17-10)4-5-12/h2-3H,4-7H2,1H3,(H,13,14). The molecule has 94 valence electrons. The number of amides is 1. The minimum Gasteiger partial charge on any atom is -0.460 e. The first kappa shape index (κ1) is 14.4. The number of carbonyl (C=O) groups excluding carboxylic acids is 2. The molecule has 0 aliphatic heterocycles. The van der Waals surface area contributed by atoms with E-state index in [1.54, 1.807) is 6.07 Å². The molecule has 4 nitrogen and oxygen atoms in total. The molecule has 17 heavy (non-hydrogen) atoms. The number of rotatable bonds is 6. The highest BCUT2D eigenvalue weighted by Crippen LogP contribution is 2.18. The molecule has 0 atom stereocenters. The van der Waals surface area contributed by atoms with Crippen LogP contribution in [0, 0.1) is 0 Å². The zero-order valence-electron chi connectivity index (χ0n) is 9.49. The van der Waals surface area contributed by atoms with E-state index in [-0.39, 0.29) is 18.5 Å². The lowest BCUT2D eigenvalue weighted by molar-refractivity contribution is -0.119. The van der Waals surface area contributed by atoms with Crippen LogP contribution in [0.2, 0.25) is 0 Å². The van der Waals surface area contributed by atoms with E-state index in [9.17, 15) is 9.59 Å². The molecular weight excluding hydrogens is 353 g/mol. The van der Waals surface area contributed by atoms with E-state index in [0.29, 0.717) is 11.4 Å². The molecule has 0 saturated heterocycles. The second-order valence-electron chi connectivity index (χ2n) is 3.32. The van der Waals surface area contributed by atoms with Gasteiger partial charge < -0.3 is 10.1 Å². The van der Waals surface area contributed by atoms with Gasteiger partial charge in [0.25, 0.3) is 0 Å². The van der Waals surface area contributed by atoms with Gasteiger partial charge in [-0.05, 0) is 18.6 Å². The minimum atomic E-state index is -0.319. The Balaban J connectivity index is 2.33. The van der Waals surface area contributed by atoms with Crippen molar-refractivity contribution >= 4 is 45.8 Å². The molecule has 1 N–H and O–H groups in total. The van der Waals surface area contributed by atoms with E-state index >= 15 is 0 Å². The van der Waals surface area contributed by atoms with E-state index < -0.39 is 0 Å². The van der Waals surface area contributed by atoms with Crippen LogP contribution < -0.4 is 5.32 Å². The maximum absolute atomic E-state index is 11.6. The number of thiophene rings is 1. The third-order valence-electron chi connectivity index (χ3n) is 1.91. The average Bonchev–Trinajstić information content (AvgIpc) is 2.73. The number of hydrogen-bond acceptors (Lipinski definition) is 4. The van der Waals surface area contributed by atoms with Crippen molar-refractivity contribution in [2.75, 3.05) is 17.6 Å². The summed E-state index contributed by atoms with van der Waals surface area (Å²) in [6.07, 6.45) is 0.977. The predicted octanol–water partition coefficient (Wildman–Crippen LogP) is 2.02. The number of ether oxygens (including phenoxy) is 1. The lowest BCUT2D eigenvalue weighted by Crippen LogP contribution is -2.25. The Bertz CT molecular complexity index is 392. The maximum Gasteiger partial charge on any atom is 0.348 e. The first-order valence-electron chi connectivity index (χ1n) is 5.19. The third-order valence-corrected chi connectivity index (χ3v) is 3.58. The number of esters is 1. The average molecular weight is 367 g/mol. The highest BCUT2D eigenvalue weighted by molar-refractivity contribution is 14.1. The normalized spacial score (nSPS) is 10.0. The number of hydrogen-bond donors (Lipinski definition) is 1. The van der Waals surface area contributed by atoms with Crippen molar-refractivity contribution in [2.45, 2.75) is 13.3 Å². The van der Waals surface area contributed by atoms with E-state index in [1.165, 1.54) is 23.1 Å². The van der Waals surface area contributed by atoms with Gasteiger partial charge in [0.2, 0.25) is 5.91 Å². The van der Waals surface area contributed by atoms with Crippen molar-refractivity contribution in [1.82, 2.24) is 5.32 Å². The Kier molecular flexibility index (Phi) is 6.49. The van der Waals surface area contributed by atoms with Gasteiger partial charge in [-0.25, -0.2) is 4.79 Å². The molecule has 0 bridgehead atoms. The smallest absolute Gasteiger partial charge is 0.348 e. The van der Waals surface area contributed by atoms with Crippen LogP contribution in [0.25, 0.3) is 0 Å². The molecule has 0 fully saturated rings. The summed E-state index contributed by atoms with van der Waals surface area (Å²) in [7, 11) is 0. The van der Waals surface area contributed by atoms with Crippen LogP contribution in [0.5, 0.6) is 0 Å². The van der Waals surface area contributed by atoms with Crippen molar-refractivity contribution in [3.8, 4) is 0 Å². The van der Waals surface area contributed by atoms with Crippen LogP contribution in [0.1, 0.15) is 21.5 Å². The van der Waals surface area contributed by atoms with Gasteiger partial charge in [0.05, 0.1) is 6.54 Å². The minimum absolute atomic E-state index is 0.124. The fraction of sp³-hybridized carbons (Fsp3) is 0.455. The van der Waals surface area contributed by atoms with Crippen molar-refractivity contribution < 1.29 is 14.3 Å². The van der Waals surface area contributed by atoms with Gasteiger partial charge in [0, 0.05) is 16.2 Å². The molecule has 0 aromatic carbocycles. The first-order valence-corrected chi connectivity index (χ1v) is 7.54. The summed E-state index contributed by atoms with van der Waals surface area (Å²) in [5, 5.41) is 2.56. The van der Waals surface area contributed by atoms with Crippen molar-refractivity contribution in [1.29, 1.82) is 0 Å². The summed E-state index contributed by atoms with van der Waals surface area (Å²) in [5.41, 5.74) is 0. The van der Waals surface area contributed by atoms with Crippen LogP contribution in [-0.4, -0.2) is 29.5 Å². The highest BCUT2D eigenvalue weighted by atomic mass is 127. The van der Waals surface area contributed by atoms with E-state index in [4.69, 9.17) is 4.74 Å². The van der Waals surface area contributed by atoms with Gasteiger partial charge in [-0.2, -0.15) is 0 Å². The van der Waals surface area contributed by atoms with Crippen molar-refractivity contribution in [2.24, 2.45) is 0 Å². The van der Waals surface area contributed by atoms with Gasteiger partial charge in [0.1, 0.15) is 11.5 Å². The number of halogens is 1.